The van der Waals surface area contributed by atoms with Crippen LogP contribution in [0.5, 0.6) is 0 Å². The van der Waals surface area contributed by atoms with Gasteiger partial charge < -0.3 is 5.32 Å². The van der Waals surface area contributed by atoms with Gasteiger partial charge in [0.1, 0.15) is 6.04 Å². The summed E-state index contributed by atoms with van der Waals surface area (Å²) in [5.41, 5.74) is 3.30. The van der Waals surface area contributed by atoms with E-state index >= 15 is 0 Å². The number of carbonyl (C=O) groups excluding carboxylic acids is 1. The Morgan fingerprint density at radius 2 is 1.88 bits per heavy atom. The van der Waals surface area contributed by atoms with E-state index in [-0.39, 0.29) is 10.8 Å². The Hall–Kier alpha value is -2.59. The maximum absolute atomic E-state index is 13.2. The van der Waals surface area contributed by atoms with E-state index in [2.05, 4.69) is 39.5 Å². The lowest BCUT2D eigenvalue weighted by Crippen LogP contribution is -2.43. The molecule has 0 bridgehead atoms. The molecule has 0 saturated carbocycles. The zero-order chi connectivity index (χ0) is 23.7. The first-order chi connectivity index (χ1) is 16.4. The quantitative estimate of drug-likeness (QED) is 0.561. The van der Waals surface area contributed by atoms with Crippen molar-refractivity contribution < 1.29 is 13.2 Å². The van der Waals surface area contributed by atoms with Crippen molar-refractivity contribution in [2.75, 3.05) is 18.4 Å². The highest BCUT2D eigenvalue weighted by Crippen LogP contribution is 2.31. The second-order valence-electron chi connectivity index (χ2n) is 8.91. The fourth-order valence-corrected chi connectivity index (χ4v) is 7.31. The number of nitrogens with one attached hydrogen (secondary N) is 1. The monoisotopic (exact) mass is 496 g/mol. The van der Waals surface area contributed by atoms with Gasteiger partial charge in [0.05, 0.1) is 10.6 Å². The van der Waals surface area contributed by atoms with E-state index in [1.54, 1.807) is 24.3 Å². The zero-order valence-corrected chi connectivity index (χ0v) is 20.7. The molecule has 5 rings (SSSR count). The molecular weight excluding hydrogens is 468 g/mol. The van der Waals surface area contributed by atoms with Gasteiger partial charge in [-0.1, -0.05) is 48.0 Å². The van der Waals surface area contributed by atoms with Crippen LogP contribution in [-0.4, -0.2) is 47.6 Å². The lowest BCUT2D eigenvalue weighted by molar-refractivity contribution is -0.119. The average molecular weight is 497 g/mol. The number of carbonyl (C=O) groups is 1. The number of thiazole rings is 1. The highest BCUT2D eigenvalue weighted by molar-refractivity contribution is 7.89. The molecule has 3 heterocycles. The molecule has 9 heteroatoms. The minimum atomic E-state index is -3.73. The number of sulfonamides is 1. The molecule has 1 fully saturated rings. The highest BCUT2D eigenvalue weighted by atomic mass is 32.2. The Kier molecular flexibility index (Phi) is 6.52. The van der Waals surface area contributed by atoms with Crippen molar-refractivity contribution in [3.05, 3.63) is 76.3 Å². The normalized spacial score (nSPS) is 19.1. The minimum Gasteiger partial charge on any atom is -0.301 e. The third kappa shape index (κ3) is 4.79. The van der Waals surface area contributed by atoms with Crippen LogP contribution in [0.1, 0.15) is 34.5 Å². The van der Waals surface area contributed by atoms with Gasteiger partial charge in [-0.3, -0.25) is 9.69 Å². The number of hydrogen-bond acceptors (Lipinski definition) is 6. The number of aromatic nitrogens is 1. The van der Waals surface area contributed by atoms with Crippen LogP contribution >= 0.6 is 11.3 Å². The van der Waals surface area contributed by atoms with Crippen molar-refractivity contribution >= 4 is 32.4 Å². The predicted octanol–water partition coefficient (Wildman–Crippen LogP) is 3.80. The Balaban J connectivity index is 1.26. The van der Waals surface area contributed by atoms with E-state index in [0.29, 0.717) is 24.5 Å². The SMILES string of the molecule is Cc1ccc(S(=O)(=O)N2CCC[C@@H]2C(=O)Nc2nc3c(s2)CN(Cc2ccccc2)CC3)cc1. The zero-order valence-electron chi connectivity index (χ0n) is 19.1. The van der Waals surface area contributed by atoms with Gasteiger partial charge in [0.15, 0.2) is 5.13 Å². The summed E-state index contributed by atoms with van der Waals surface area (Å²) >= 11 is 1.49. The molecule has 0 unspecified atom stereocenters. The highest BCUT2D eigenvalue weighted by Gasteiger charge is 2.39. The first-order valence-corrected chi connectivity index (χ1v) is 13.8. The molecule has 1 atom stereocenters. The van der Waals surface area contributed by atoms with Crippen LogP contribution in [0.25, 0.3) is 0 Å². The molecule has 1 aromatic heterocycles. The smallest absolute Gasteiger partial charge is 0.244 e. The number of nitrogens with zero attached hydrogens (tertiary/aromatic N) is 3. The fourth-order valence-electron chi connectivity index (χ4n) is 4.60. The fraction of sp³-hybridized carbons (Fsp3) is 0.360. The standard InChI is InChI=1S/C25H28N4O3S2/c1-18-9-11-20(12-10-18)34(31,32)29-14-5-8-22(29)24(30)27-25-26-21-13-15-28(17-23(21)33-25)16-19-6-3-2-4-7-19/h2-4,6-7,9-12,22H,5,8,13-17H2,1H3,(H,26,27,30)/t22-/m1/s1. The number of benzene rings is 2. The molecule has 0 radical (unpaired) electrons. The average Bonchev–Trinajstić information content (AvgIpc) is 3.47. The molecule has 7 nitrogen and oxygen atoms in total. The molecule has 0 spiro atoms. The van der Waals surface area contributed by atoms with Gasteiger partial charge in [-0.2, -0.15) is 4.31 Å². The van der Waals surface area contributed by atoms with Crippen molar-refractivity contribution in [2.24, 2.45) is 0 Å². The summed E-state index contributed by atoms with van der Waals surface area (Å²) in [6, 6.07) is 16.4. The van der Waals surface area contributed by atoms with Crippen molar-refractivity contribution in [3.8, 4) is 0 Å². The first kappa shape index (κ1) is 23.2. The van der Waals surface area contributed by atoms with Gasteiger partial charge in [0.2, 0.25) is 15.9 Å². The van der Waals surface area contributed by atoms with Crippen LogP contribution in [0.4, 0.5) is 5.13 Å². The number of fused-ring (bicyclic) bond motifs is 1. The molecule has 34 heavy (non-hydrogen) atoms. The topological polar surface area (TPSA) is 82.6 Å². The summed E-state index contributed by atoms with van der Waals surface area (Å²) < 4.78 is 27.7. The molecule has 2 aliphatic heterocycles. The number of aryl methyl sites for hydroxylation is 1. The molecule has 1 N–H and O–H groups in total. The van der Waals surface area contributed by atoms with E-state index in [9.17, 15) is 13.2 Å². The summed E-state index contributed by atoms with van der Waals surface area (Å²) in [4.78, 5) is 21.5. The molecule has 1 saturated heterocycles. The van der Waals surface area contributed by atoms with Gasteiger partial charge in [-0.15, -0.1) is 11.3 Å². The second kappa shape index (κ2) is 9.58. The van der Waals surface area contributed by atoms with E-state index in [0.717, 1.165) is 42.2 Å². The van der Waals surface area contributed by atoms with Crippen LogP contribution in [-0.2, 0) is 34.3 Å². The molecule has 1 amide bonds. The summed E-state index contributed by atoms with van der Waals surface area (Å²) in [5.74, 6) is -0.305. The summed E-state index contributed by atoms with van der Waals surface area (Å²) in [7, 11) is -3.73. The van der Waals surface area contributed by atoms with Crippen molar-refractivity contribution in [1.82, 2.24) is 14.2 Å². The van der Waals surface area contributed by atoms with Gasteiger partial charge >= 0.3 is 0 Å². The van der Waals surface area contributed by atoms with Crippen molar-refractivity contribution in [1.29, 1.82) is 0 Å². The molecular formula is C25H28N4O3S2. The van der Waals surface area contributed by atoms with E-state index in [4.69, 9.17) is 0 Å². The molecule has 2 aromatic carbocycles. The lowest BCUT2D eigenvalue weighted by Gasteiger charge is -2.25. The Bertz CT molecular complexity index is 1270. The van der Waals surface area contributed by atoms with Gasteiger partial charge in [0.25, 0.3) is 0 Å². The van der Waals surface area contributed by atoms with E-state index in [1.807, 2.05) is 13.0 Å². The number of rotatable bonds is 6. The second-order valence-corrected chi connectivity index (χ2v) is 11.9. The van der Waals surface area contributed by atoms with Crippen LogP contribution in [0.3, 0.4) is 0 Å². The first-order valence-electron chi connectivity index (χ1n) is 11.5. The Labute approximate surface area is 204 Å². The third-order valence-corrected chi connectivity index (χ3v) is 9.34. The van der Waals surface area contributed by atoms with Gasteiger partial charge in [-0.25, -0.2) is 13.4 Å². The summed E-state index contributed by atoms with van der Waals surface area (Å²) in [6.45, 7) is 4.86. The van der Waals surface area contributed by atoms with E-state index < -0.39 is 16.1 Å². The largest absolute Gasteiger partial charge is 0.301 e. The molecule has 2 aliphatic rings. The molecule has 3 aromatic rings. The Morgan fingerprint density at radius 1 is 1.12 bits per heavy atom. The number of amides is 1. The predicted molar refractivity (Wildman–Crippen MR) is 133 cm³/mol. The van der Waals surface area contributed by atoms with Crippen molar-refractivity contribution in [3.63, 3.8) is 0 Å². The van der Waals surface area contributed by atoms with E-state index in [1.165, 1.54) is 21.2 Å². The van der Waals surface area contributed by atoms with Crippen molar-refractivity contribution in [2.45, 2.75) is 50.2 Å². The molecule has 0 aliphatic carbocycles. The summed E-state index contributed by atoms with van der Waals surface area (Å²) in [5, 5.41) is 3.46. The van der Waals surface area contributed by atoms with Gasteiger partial charge in [-0.05, 0) is 37.5 Å². The Morgan fingerprint density at radius 3 is 2.65 bits per heavy atom. The molecule has 178 valence electrons. The maximum Gasteiger partial charge on any atom is 0.244 e. The maximum atomic E-state index is 13.2. The number of hydrogen-bond donors (Lipinski definition) is 1. The van der Waals surface area contributed by atoms with Gasteiger partial charge in [0, 0.05) is 37.5 Å². The van der Waals surface area contributed by atoms with Crippen LogP contribution in [0, 0.1) is 6.92 Å². The third-order valence-electron chi connectivity index (χ3n) is 6.42. The van der Waals surface area contributed by atoms with Crippen LogP contribution in [0.15, 0.2) is 59.5 Å². The lowest BCUT2D eigenvalue weighted by atomic mass is 10.1. The van der Waals surface area contributed by atoms with Crippen LogP contribution < -0.4 is 5.32 Å². The minimum absolute atomic E-state index is 0.223. The van der Waals surface area contributed by atoms with Crippen LogP contribution in [0.2, 0.25) is 0 Å². The summed E-state index contributed by atoms with van der Waals surface area (Å²) in [6.07, 6.45) is 2.00. The number of anilines is 1.